The lowest BCUT2D eigenvalue weighted by molar-refractivity contribution is 0.127. The number of nitrogens with zero attached hydrogens (tertiary/aromatic N) is 1. The molecule has 0 atom stereocenters. The van der Waals surface area contributed by atoms with E-state index in [1.165, 1.54) is 0 Å². The molecule has 0 bridgehead atoms. The maximum Gasteiger partial charge on any atom is 0.150 e. The summed E-state index contributed by atoms with van der Waals surface area (Å²) < 4.78 is 0. The monoisotopic (exact) mass is 310 g/mol. The number of pyridine rings is 1. The van der Waals surface area contributed by atoms with E-state index in [0.717, 1.165) is 12.8 Å². The van der Waals surface area contributed by atoms with E-state index in [4.69, 9.17) is 34.8 Å². The van der Waals surface area contributed by atoms with Crippen molar-refractivity contribution in [2.45, 2.75) is 26.7 Å². The van der Waals surface area contributed by atoms with Crippen LogP contribution >= 0.6 is 34.8 Å². The minimum atomic E-state index is -0.170. The van der Waals surface area contributed by atoms with E-state index in [0.29, 0.717) is 22.4 Å². The van der Waals surface area contributed by atoms with Gasteiger partial charge in [0.05, 0.1) is 16.7 Å². The Balaban J connectivity index is 2.83. The summed E-state index contributed by atoms with van der Waals surface area (Å²) in [7, 11) is 0. The molecule has 6 heteroatoms. The first-order chi connectivity index (χ1) is 8.48. The number of aromatic nitrogens is 1. The number of anilines is 1. The van der Waals surface area contributed by atoms with E-state index in [1.807, 2.05) is 13.8 Å². The molecule has 1 aromatic rings. The first kappa shape index (κ1) is 15.8. The van der Waals surface area contributed by atoms with Crippen LogP contribution in [0, 0.1) is 5.41 Å². The van der Waals surface area contributed by atoms with Gasteiger partial charge in [-0.25, -0.2) is 4.98 Å². The van der Waals surface area contributed by atoms with Crippen LogP contribution in [0.15, 0.2) is 6.07 Å². The molecule has 18 heavy (non-hydrogen) atoms. The second-order valence-corrected chi connectivity index (χ2v) is 5.48. The third kappa shape index (κ3) is 3.64. The molecule has 3 nitrogen and oxygen atoms in total. The van der Waals surface area contributed by atoms with Crippen LogP contribution in [0.3, 0.4) is 0 Å². The van der Waals surface area contributed by atoms with Crippen LogP contribution in [-0.2, 0) is 0 Å². The van der Waals surface area contributed by atoms with Gasteiger partial charge in [0.2, 0.25) is 0 Å². The molecule has 1 aromatic heterocycles. The fourth-order valence-electron chi connectivity index (χ4n) is 1.62. The second-order valence-electron chi connectivity index (χ2n) is 4.31. The fraction of sp³-hybridized carbons (Fsp3) is 0.583. The molecule has 0 spiro atoms. The molecule has 1 rings (SSSR count). The second kappa shape index (κ2) is 6.80. The first-order valence-corrected chi connectivity index (χ1v) is 6.97. The summed E-state index contributed by atoms with van der Waals surface area (Å²) in [5.74, 6) is 0.491. The van der Waals surface area contributed by atoms with Crippen molar-refractivity contribution in [1.82, 2.24) is 4.98 Å². The van der Waals surface area contributed by atoms with Crippen molar-refractivity contribution < 1.29 is 5.11 Å². The summed E-state index contributed by atoms with van der Waals surface area (Å²) in [6.07, 6.45) is 1.73. The van der Waals surface area contributed by atoms with Crippen molar-refractivity contribution in [2.24, 2.45) is 5.41 Å². The summed E-state index contributed by atoms with van der Waals surface area (Å²) in [6.45, 7) is 4.80. The van der Waals surface area contributed by atoms with Gasteiger partial charge in [-0.2, -0.15) is 0 Å². The van der Waals surface area contributed by atoms with Crippen LogP contribution in [0.1, 0.15) is 26.7 Å². The maximum atomic E-state index is 9.48. The Morgan fingerprint density at radius 1 is 1.22 bits per heavy atom. The smallest absolute Gasteiger partial charge is 0.150 e. The van der Waals surface area contributed by atoms with Crippen molar-refractivity contribution in [2.75, 3.05) is 18.5 Å². The topological polar surface area (TPSA) is 45.1 Å². The number of halogens is 3. The molecule has 0 fully saturated rings. The van der Waals surface area contributed by atoms with E-state index >= 15 is 0 Å². The van der Waals surface area contributed by atoms with Gasteiger partial charge in [-0.05, 0) is 18.9 Å². The molecule has 1 heterocycles. The lowest BCUT2D eigenvalue weighted by Crippen LogP contribution is -2.32. The Labute approximate surface area is 122 Å². The predicted octanol–water partition coefficient (Wildman–Crippen LogP) is 4.25. The lowest BCUT2D eigenvalue weighted by atomic mass is 9.83. The Morgan fingerprint density at radius 2 is 1.83 bits per heavy atom. The quantitative estimate of drug-likeness (QED) is 0.772. The molecule has 0 aliphatic rings. The third-order valence-electron chi connectivity index (χ3n) is 3.35. The van der Waals surface area contributed by atoms with Crippen molar-refractivity contribution in [3.8, 4) is 0 Å². The average Bonchev–Trinajstić information content (AvgIpc) is 2.37. The summed E-state index contributed by atoms with van der Waals surface area (Å²) >= 11 is 17.7. The van der Waals surface area contributed by atoms with Crippen molar-refractivity contribution >= 4 is 40.6 Å². The summed E-state index contributed by atoms with van der Waals surface area (Å²) in [5.41, 5.74) is -0.170. The highest BCUT2D eigenvalue weighted by molar-refractivity contribution is 6.42. The van der Waals surface area contributed by atoms with Crippen LogP contribution in [-0.4, -0.2) is 23.2 Å². The van der Waals surface area contributed by atoms with Crippen LogP contribution in [0.25, 0.3) is 0 Å². The van der Waals surface area contributed by atoms with E-state index in [2.05, 4.69) is 10.3 Å². The summed E-state index contributed by atoms with van der Waals surface area (Å²) in [6, 6.07) is 1.55. The van der Waals surface area contributed by atoms with Gasteiger partial charge >= 0.3 is 0 Å². The number of hydrogen-bond donors (Lipinski definition) is 2. The number of aliphatic hydroxyl groups is 1. The molecule has 0 amide bonds. The predicted molar refractivity (Wildman–Crippen MR) is 77.9 cm³/mol. The number of nitrogens with one attached hydrogen (secondary N) is 1. The van der Waals surface area contributed by atoms with E-state index in [9.17, 15) is 5.11 Å². The van der Waals surface area contributed by atoms with Crippen LogP contribution < -0.4 is 5.32 Å². The highest BCUT2D eigenvalue weighted by atomic mass is 35.5. The average molecular weight is 312 g/mol. The molecule has 102 valence electrons. The van der Waals surface area contributed by atoms with Crippen LogP contribution in [0.4, 0.5) is 5.82 Å². The molecule has 0 saturated carbocycles. The molecule has 0 unspecified atom stereocenters. The zero-order valence-corrected chi connectivity index (χ0v) is 12.7. The van der Waals surface area contributed by atoms with Crippen LogP contribution in [0.5, 0.6) is 0 Å². The molecular weight excluding hydrogens is 295 g/mol. The minimum Gasteiger partial charge on any atom is -0.396 e. The largest absolute Gasteiger partial charge is 0.396 e. The van der Waals surface area contributed by atoms with Crippen molar-refractivity contribution in [1.29, 1.82) is 0 Å². The van der Waals surface area contributed by atoms with Gasteiger partial charge in [0.1, 0.15) is 11.0 Å². The Morgan fingerprint density at radius 3 is 2.33 bits per heavy atom. The molecule has 0 aromatic carbocycles. The summed E-state index contributed by atoms with van der Waals surface area (Å²) in [4.78, 5) is 4.09. The van der Waals surface area contributed by atoms with Gasteiger partial charge < -0.3 is 10.4 Å². The van der Waals surface area contributed by atoms with Gasteiger partial charge in [-0.3, -0.25) is 0 Å². The van der Waals surface area contributed by atoms with Gasteiger partial charge in [0.15, 0.2) is 0 Å². The maximum absolute atomic E-state index is 9.48. The summed E-state index contributed by atoms with van der Waals surface area (Å²) in [5, 5.41) is 13.6. The molecule has 2 N–H and O–H groups in total. The first-order valence-electron chi connectivity index (χ1n) is 5.84. The normalized spacial score (nSPS) is 11.7. The lowest BCUT2D eigenvalue weighted by Gasteiger charge is -2.29. The SMILES string of the molecule is CCC(CC)(CO)CNc1nc(Cl)c(Cl)cc1Cl. The van der Waals surface area contributed by atoms with Gasteiger partial charge in [-0.15, -0.1) is 0 Å². The van der Waals surface area contributed by atoms with Gasteiger partial charge in [-0.1, -0.05) is 48.7 Å². The van der Waals surface area contributed by atoms with Crippen molar-refractivity contribution in [3.63, 3.8) is 0 Å². The Kier molecular flexibility index (Phi) is 5.99. The van der Waals surface area contributed by atoms with E-state index in [-0.39, 0.29) is 17.2 Å². The molecular formula is C12H17Cl3N2O. The number of hydrogen-bond acceptors (Lipinski definition) is 3. The number of rotatable bonds is 6. The molecule has 0 radical (unpaired) electrons. The van der Waals surface area contributed by atoms with E-state index in [1.54, 1.807) is 6.07 Å². The highest BCUT2D eigenvalue weighted by Crippen LogP contribution is 2.31. The van der Waals surface area contributed by atoms with Crippen LogP contribution in [0.2, 0.25) is 15.2 Å². The van der Waals surface area contributed by atoms with Gasteiger partial charge in [0, 0.05) is 12.0 Å². The minimum absolute atomic E-state index is 0.117. The zero-order valence-electron chi connectivity index (χ0n) is 10.4. The molecule has 0 aliphatic heterocycles. The van der Waals surface area contributed by atoms with Gasteiger partial charge in [0.25, 0.3) is 0 Å². The highest BCUT2D eigenvalue weighted by Gasteiger charge is 2.25. The fourth-order valence-corrected chi connectivity index (χ4v) is 2.18. The van der Waals surface area contributed by atoms with E-state index < -0.39 is 0 Å². The molecule has 0 aliphatic carbocycles. The Bertz CT molecular complexity index is 400. The standard InChI is InChI=1S/C12H17Cl3N2O/c1-3-12(4-2,7-18)6-16-11-9(14)5-8(13)10(15)17-11/h5,18H,3-4,6-7H2,1-2H3,(H,16,17). The zero-order chi connectivity index (χ0) is 13.8. The number of aliphatic hydroxyl groups excluding tert-OH is 1. The molecule has 0 saturated heterocycles. The van der Waals surface area contributed by atoms with Crippen molar-refractivity contribution in [3.05, 3.63) is 21.3 Å². The third-order valence-corrected chi connectivity index (χ3v) is 4.31. The Hall–Kier alpha value is -0.220.